The monoisotopic (exact) mass is 289 g/mol. The molecule has 0 aliphatic heterocycles. The largest absolute Gasteiger partial charge is 0.363 e. The fourth-order valence-electron chi connectivity index (χ4n) is 1.70. The van der Waals surface area contributed by atoms with Gasteiger partial charge in [0.15, 0.2) is 0 Å². The molecular formula is C15H16ClN3O. The van der Waals surface area contributed by atoms with Gasteiger partial charge in [-0.05, 0) is 42.0 Å². The number of pyridine rings is 1. The molecule has 2 rings (SSSR count). The molecule has 2 aromatic rings. The van der Waals surface area contributed by atoms with E-state index in [0.717, 1.165) is 11.4 Å². The summed E-state index contributed by atoms with van der Waals surface area (Å²) in [7, 11) is 3.86. The van der Waals surface area contributed by atoms with Gasteiger partial charge in [0.1, 0.15) is 5.82 Å². The maximum atomic E-state index is 12.0. The molecule has 0 atom stereocenters. The first-order valence-corrected chi connectivity index (χ1v) is 6.60. The molecule has 0 radical (unpaired) electrons. The molecule has 1 N–H and O–H groups in total. The summed E-state index contributed by atoms with van der Waals surface area (Å²) >= 11 is 5.79. The van der Waals surface area contributed by atoms with Crippen molar-refractivity contribution in [2.75, 3.05) is 19.0 Å². The minimum absolute atomic E-state index is 0.120. The van der Waals surface area contributed by atoms with Crippen molar-refractivity contribution < 1.29 is 4.79 Å². The highest BCUT2D eigenvalue weighted by Crippen LogP contribution is 2.11. The lowest BCUT2D eigenvalue weighted by Crippen LogP contribution is -2.23. The average molecular weight is 290 g/mol. The molecule has 0 saturated carbocycles. The molecule has 0 saturated heterocycles. The zero-order valence-corrected chi connectivity index (χ0v) is 12.2. The van der Waals surface area contributed by atoms with E-state index >= 15 is 0 Å². The van der Waals surface area contributed by atoms with Crippen LogP contribution in [0.2, 0.25) is 5.02 Å². The van der Waals surface area contributed by atoms with Gasteiger partial charge in [0, 0.05) is 37.4 Å². The summed E-state index contributed by atoms with van der Waals surface area (Å²) in [5, 5.41) is 3.49. The third kappa shape index (κ3) is 3.71. The molecular weight excluding hydrogens is 274 g/mol. The van der Waals surface area contributed by atoms with Crippen LogP contribution >= 0.6 is 11.6 Å². The van der Waals surface area contributed by atoms with Crippen LogP contribution in [-0.2, 0) is 6.54 Å². The number of carbonyl (C=O) groups excluding carboxylic acids is 1. The van der Waals surface area contributed by atoms with Crippen molar-refractivity contribution in [1.29, 1.82) is 0 Å². The fraction of sp³-hybridized carbons (Fsp3) is 0.200. The number of aromatic nitrogens is 1. The summed E-state index contributed by atoms with van der Waals surface area (Å²) < 4.78 is 0. The highest BCUT2D eigenvalue weighted by molar-refractivity contribution is 6.30. The number of amides is 1. The third-order valence-electron chi connectivity index (χ3n) is 2.83. The summed E-state index contributed by atoms with van der Waals surface area (Å²) in [6.07, 6.45) is 1.74. The second-order valence-corrected chi connectivity index (χ2v) is 5.04. The number of halogens is 1. The van der Waals surface area contributed by atoms with Gasteiger partial charge in [-0.2, -0.15) is 0 Å². The molecule has 0 aliphatic rings. The standard InChI is InChI=1S/C15H16ClN3O/c1-19(2)14-9-11(7-8-17-14)10-18-15(20)12-3-5-13(16)6-4-12/h3-9H,10H2,1-2H3,(H,18,20). The van der Waals surface area contributed by atoms with Gasteiger partial charge in [0.05, 0.1) is 0 Å². The Kier molecular flexibility index (Phi) is 4.58. The van der Waals surface area contributed by atoms with Crippen LogP contribution in [-0.4, -0.2) is 25.0 Å². The molecule has 5 heteroatoms. The minimum atomic E-state index is -0.120. The molecule has 104 valence electrons. The normalized spacial score (nSPS) is 10.2. The summed E-state index contributed by atoms with van der Waals surface area (Å²) in [6.45, 7) is 0.463. The van der Waals surface area contributed by atoms with Gasteiger partial charge in [-0.15, -0.1) is 0 Å². The Morgan fingerprint density at radius 1 is 1.25 bits per heavy atom. The van der Waals surface area contributed by atoms with Crippen molar-refractivity contribution in [3.63, 3.8) is 0 Å². The number of carbonyl (C=O) groups is 1. The minimum Gasteiger partial charge on any atom is -0.363 e. The predicted octanol–water partition coefficient (Wildman–Crippen LogP) is 2.73. The molecule has 1 aromatic carbocycles. The second kappa shape index (κ2) is 6.39. The summed E-state index contributed by atoms with van der Waals surface area (Å²) in [5.74, 6) is 0.744. The van der Waals surface area contributed by atoms with Crippen molar-refractivity contribution in [3.05, 3.63) is 58.7 Å². The predicted molar refractivity (Wildman–Crippen MR) is 81.2 cm³/mol. The maximum absolute atomic E-state index is 12.0. The van der Waals surface area contributed by atoms with E-state index in [0.29, 0.717) is 17.1 Å². The highest BCUT2D eigenvalue weighted by atomic mass is 35.5. The Balaban J connectivity index is 1.99. The molecule has 0 unspecified atom stereocenters. The van der Waals surface area contributed by atoms with E-state index in [-0.39, 0.29) is 5.91 Å². The molecule has 1 heterocycles. The van der Waals surface area contributed by atoms with Crippen molar-refractivity contribution in [2.24, 2.45) is 0 Å². The number of hydrogen-bond acceptors (Lipinski definition) is 3. The molecule has 0 bridgehead atoms. The number of benzene rings is 1. The van der Waals surface area contributed by atoms with Gasteiger partial charge in [-0.3, -0.25) is 4.79 Å². The lowest BCUT2D eigenvalue weighted by Gasteiger charge is -2.12. The Morgan fingerprint density at radius 3 is 2.60 bits per heavy atom. The number of nitrogens with zero attached hydrogens (tertiary/aromatic N) is 2. The molecule has 1 aromatic heterocycles. The van der Waals surface area contributed by atoms with Crippen LogP contribution in [0.4, 0.5) is 5.82 Å². The fourth-order valence-corrected chi connectivity index (χ4v) is 1.83. The SMILES string of the molecule is CN(C)c1cc(CNC(=O)c2ccc(Cl)cc2)ccn1. The van der Waals surface area contributed by atoms with E-state index in [1.54, 1.807) is 30.5 Å². The molecule has 4 nitrogen and oxygen atoms in total. The van der Waals surface area contributed by atoms with Crippen LogP contribution in [0.25, 0.3) is 0 Å². The number of nitrogens with one attached hydrogen (secondary N) is 1. The van der Waals surface area contributed by atoms with Crippen LogP contribution < -0.4 is 10.2 Å². The summed E-state index contributed by atoms with van der Waals surface area (Å²) in [6, 6.07) is 10.6. The quantitative estimate of drug-likeness (QED) is 0.941. The Morgan fingerprint density at radius 2 is 1.95 bits per heavy atom. The molecule has 0 aliphatic carbocycles. The summed E-state index contributed by atoms with van der Waals surface area (Å²) in [5.41, 5.74) is 1.60. The maximum Gasteiger partial charge on any atom is 0.251 e. The van der Waals surface area contributed by atoms with Crippen molar-refractivity contribution >= 4 is 23.3 Å². The van der Waals surface area contributed by atoms with Crippen LogP contribution in [0.3, 0.4) is 0 Å². The lowest BCUT2D eigenvalue weighted by atomic mass is 10.2. The van der Waals surface area contributed by atoms with E-state index < -0.39 is 0 Å². The van der Waals surface area contributed by atoms with Crippen LogP contribution in [0.15, 0.2) is 42.6 Å². The Bertz CT molecular complexity index is 596. The van der Waals surface area contributed by atoms with Crippen LogP contribution in [0, 0.1) is 0 Å². The first kappa shape index (κ1) is 14.3. The van der Waals surface area contributed by atoms with Gasteiger partial charge in [0.2, 0.25) is 0 Å². The van der Waals surface area contributed by atoms with Gasteiger partial charge in [-0.1, -0.05) is 11.6 Å². The molecule has 0 spiro atoms. The van der Waals surface area contributed by atoms with E-state index in [1.165, 1.54) is 0 Å². The van der Waals surface area contributed by atoms with Crippen molar-refractivity contribution in [1.82, 2.24) is 10.3 Å². The van der Waals surface area contributed by atoms with E-state index in [2.05, 4.69) is 10.3 Å². The smallest absolute Gasteiger partial charge is 0.251 e. The number of anilines is 1. The first-order valence-electron chi connectivity index (χ1n) is 6.22. The van der Waals surface area contributed by atoms with Crippen molar-refractivity contribution in [3.8, 4) is 0 Å². The molecule has 0 fully saturated rings. The van der Waals surface area contributed by atoms with Gasteiger partial charge in [-0.25, -0.2) is 4.98 Å². The molecule has 20 heavy (non-hydrogen) atoms. The van der Waals surface area contributed by atoms with Crippen LogP contribution in [0.5, 0.6) is 0 Å². The topological polar surface area (TPSA) is 45.2 Å². The van der Waals surface area contributed by atoms with Gasteiger partial charge >= 0.3 is 0 Å². The number of hydrogen-bond donors (Lipinski definition) is 1. The Labute approximate surface area is 123 Å². The zero-order valence-electron chi connectivity index (χ0n) is 11.4. The van der Waals surface area contributed by atoms with E-state index in [1.807, 2.05) is 31.1 Å². The van der Waals surface area contributed by atoms with Crippen molar-refractivity contribution in [2.45, 2.75) is 6.54 Å². The Hall–Kier alpha value is -2.07. The van der Waals surface area contributed by atoms with Gasteiger partial charge < -0.3 is 10.2 Å². The summed E-state index contributed by atoms with van der Waals surface area (Å²) in [4.78, 5) is 18.1. The molecule has 1 amide bonds. The zero-order chi connectivity index (χ0) is 14.5. The first-order chi connectivity index (χ1) is 9.56. The van der Waals surface area contributed by atoms with Crippen LogP contribution in [0.1, 0.15) is 15.9 Å². The van der Waals surface area contributed by atoms with E-state index in [9.17, 15) is 4.79 Å². The second-order valence-electron chi connectivity index (χ2n) is 4.61. The number of rotatable bonds is 4. The average Bonchev–Trinajstić information content (AvgIpc) is 2.46. The third-order valence-corrected chi connectivity index (χ3v) is 3.08. The van der Waals surface area contributed by atoms with E-state index in [4.69, 9.17) is 11.6 Å². The lowest BCUT2D eigenvalue weighted by molar-refractivity contribution is 0.0951. The van der Waals surface area contributed by atoms with Gasteiger partial charge in [0.25, 0.3) is 5.91 Å². The highest BCUT2D eigenvalue weighted by Gasteiger charge is 2.05.